The lowest BCUT2D eigenvalue weighted by molar-refractivity contribution is -0.138. The van der Waals surface area contributed by atoms with Crippen LogP contribution >= 0.6 is 0 Å². The summed E-state index contributed by atoms with van der Waals surface area (Å²) in [6.07, 6.45) is -4.78. The molecule has 0 aliphatic heterocycles. The number of carbonyl (C=O) groups excluding carboxylic acids is 1. The Balaban J connectivity index is 1.50. The Labute approximate surface area is 170 Å². The predicted molar refractivity (Wildman–Crippen MR) is 101 cm³/mol. The number of nitrogens with one attached hydrogen (secondary N) is 3. The van der Waals surface area contributed by atoms with Crippen molar-refractivity contribution in [1.82, 2.24) is 25.3 Å². The molecule has 0 saturated heterocycles. The highest BCUT2D eigenvalue weighted by atomic mass is 19.4. The summed E-state index contributed by atoms with van der Waals surface area (Å²) in [6, 6.07) is 3.70. The van der Waals surface area contributed by atoms with Gasteiger partial charge in [0.1, 0.15) is 6.10 Å². The zero-order chi connectivity index (χ0) is 21.9. The summed E-state index contributed by atoms with van der Waals surface area (Å²) in [6.45, 7) is 1.28. The van der Waals surface area contributed by atoms with Crippen LogP contribution in [0.3, 0.4) is 0 Å². The van der Waals surface area contributed by atoms with E-state index in [-0.39, 0.29) is 17.6 Å². The third-order valence-corrected chi connectivity index (χ3v) is 4.81. The first-order chi connectivity index (χ1) is 14.1. The summed E-state index contributed by atoms with van der Waals surface area (Å²) in [5.74, 6) is 1.07. The van der Waals surface area contributed by atoms with Crippen molar-refractivity contribution in [2.24, 2.45) is 7.05 Å². The van der Waals surface area contributed by atoms with Crippen molar-refractivity contribution in [1.29, 1.82) is 0 Å². The van der Waals surface area contributed by atoms with Gasteiger partial charge in [-0.3, -0.25) is 9.89 Å². The maximum atomic E-state index is 12.4. The molecule has 0 spiro atoms. The van der Waals surface area contributed by atoms with Crippen LogP contribution in [-0.4, -0.2) is 44.4 Å². The molecule has 1 unspecified atom stereocenters. The van der Waals surface area contributed by atoms with E-state index in [0.717, 1.165) is 12.1 Å². The number of hydrogen-bond donors (Lipinski definition) is 3. The van der Waals surface area contributed by atoms with Gasteiger partial charge in [-0.05, 0) is 32.3 Å². The molecule has 30 heavy (non-hydrogen) atoms. The van der Waals surface area contributed by atoms with Crippen LogP contribution in [0.4, 0.5) is 29.6 Å². The van der Waals surface area contributed by atoms with E-state index in [4.69, 9.17) is 4.74 Å². The Morgan fingerprint density at radius 1 is 1.37 bits per heavy atom. The van der Waals surface area contributed by atoms with Gasteiger partial charge in [-0.2, -0.15) is 23.4 Å². The zero-order valence-electron chi connectivity index (χ0n) is 16.5. The van der Waals surface area contributed by atoms with Gasteiger partial charge in [-0.1, -0.05) is 0 Å². The molecular formula is C18H23F3N6O3. The maximum Gasteiger partial charge on any atom is 0.407 e. The third kappa shape index (κ3) is 5.97. The molecule has 3 N–H and O–H groups in total. The predicted octanol–water partition coefficient (Wildman–Crippen LogP) is 2.95. The van der Waals surface area contributed by atoms with E-state index in [0.29, 0.717) is 24.5 Å². The second-order valence-corrected chi connectivity index (χ2v) is 7.42. The number of anilines is 2. The summed E-state index contributed by atoms with van der Waals surface area (Å²) in [4.78, 5) is 23.2. The molecule has 2 heterocycles. The number of aromatic amines is 1. The molecule has 0 bridgehead atoms. The van der Waals surface area contributed by atoms with Crippen LogP contribution in [0.2, 0.25) is 0 Å². The van der Waals surface area contributed by atoms with E-state index in [2.05, 4.69) is 25.9 Å². The minimum atomic E-state index is -4.35. The Morgan fingerprint density at radius 2 is 2.13 bits per heavy atom. The fourth-order valence-corrected chi connectivity index (χ4v) is 3.42. The smallest absolute Gasteiger partial charge is 0.407 e. The molecule has 1 amide bonds. The molecule has 164 valence electrons. The number of amides is 1. The molecule has 1 aliphatic carbocycles. The van der Waals surface area contributed by atoms with Crippen molar-refractivity contribution in [2.45, 2.75) is 56.8 Å². The van der Waals surface area contributed by atoms with Crippen molar-refractivity contribution in [3.8, 4) is 0 Å². The van der Waals surface area contributed by atoms with Gasteiger partial charge in [0.05, 0.1) is 6.42 Å². The summed E-state index contributed by atoms with van der Waals surface area (Å²) in [5, 5.41) is 16.4. The number of aryl methyl sites for hydroxylation is 1. The van der Waals surface area contributed by atoms with Gasteiger partial charge in [0.25, 0.3) is 5.56 Å². The van der Waals surface area contributed by atoms with Gasteiger partial charge in [-0.25, -0.2) is 9.48 Å². The van der Waals surface area contributed by atoms with Crippen LogP contribution in [0.5, 0.6) is 0 Å². The SMILES string of the molecule is CC(CC(F)(F)F)NC(=O)O[C@@H]1CC[C@H](c2cc(Nc3ccc(=O)n(C)n3)n[nH]2)C1. The van der Waals surface area contributed by atoms with Crippen LogP contribution in [-0.2, 0) is 11.8 Å². The van der Waals surface area contributed by atoms with Crippen LogP contribution < -0.4 is 16.2 Å². The fourth-order valence-electron chi connectivity index (χ4n) is 3.42. The molecule has 12 heteroatoms. The number of nitrogens with zero attached hydrogens (tertiary/aromatic N) is 3. The van der Waals surface area contributed by atoms with Crippen molar-refractivity contribution < 1.29 is 22.7 Å². The number of rotatable bonds is 6. The Kier molecular flexibility index (Phi) is 6.32. The van der Waals surface area contributed by atoms with Crippen molar-refractivity contribution >= 4 is 17.7 Å². The lowest BCUT2D eigenvalue weighted by atomic mass is 10.0. The first-order valence-corrected chi connectivity index (χ1v) is 9.49. The molecule has 1 saturated carbocycles. The largest absolute Gasteiger partial charge is 0.446 e. The van der Waals surface area contributed by atoms with Crippen LogP contribution in [0.25, 0.3) is 0 Å². The van der Waals surface area contributed by atoms with Gasteiger partial charge in [0.2, 0.25) is 0 Å². The van der Waals surface area contributed by atoms with E-state index < -0.39 is 24.7 Å². The molecule has 2 aromatic heterocycles. The van der Waals surface area contributed by atoms with Gasteiger partial charge < -0.3 is 15.4 Å². The maximum absolute atomic E-state index is 12.4. The topological polar surface area (TPSA) is 114 Å². The molecule has 0 aromatic carbocycles. The summed E-state index contributed by atoms with van der Waals surface area (Å²) in [5.41, 5.74) is 0.622. The number of halogens is 3. The second kappa shape index (κ2) is 8.76. The normalized spacial score (nSPS) is 20.0. The van der Waals surface area contributed by atoms with Crippen molar-refractivity contribution in [3.63, 3.8) is 0 Å². The summed E-state index contributed by atoms with van der Waals surface area (Å²) < 4.78 is 43.5. The number of aromatic nitrogens is 4. The van der Waals surface area contributed by atoms with Gasteiger partial charge in [0.15, 0.2) is 11.6 Å². The van der Waals surface area contributed by atoms with E-state index in [1.54, 1.807) is 13.1 Å². The Morgan fingerprint density at radius 3 is 2.83 bits per heavy atom. The summed E-state index contributed by atoms with van der Waals surface area (Å²) in [7, 11) is 1.54. The molecule has 3 atom stereocenters. The number of ether oxygens (including phenoxy) is 1. The first-order valence-electron chi connectivity index (χ1n) is 9.49. The molecule has 2 aromatic rings. The van der Waals surface area contributed by atoms with E-state index in [1.165, 1.54) is 17.7 Å². The number of carbonyl (C=O) groups is 1. The number of alkyl halides is 3. The van der Waals surface area contributed by atoms with E-state index in [9.17, 15) is 22.8 Å². The molecule has 1 fully saturated rings. The summed E-state index contributed by atoms with van der Waals surface area (Å²) >= 11 is 0. The van der Waals surface area contributed by atoms with Gasteiger partial charge >= 0.3 is 12.3 Å². The Hall–Kier alpha value is -3.05. The minimum absolute atomic E-state index is 0.0755. The molecular weight excluding hydrogens is 405 g/mol. The third-order valence-electron chi connectivity index (χ3n) is 4.81. The van der Waals surface area contributed by atoms with E-state index in [1.807, 2.05) is 6.07 Å². The average Bonchev–Trinajstić information content (AvgIpc) is 3.25. The monoisotopic (exact) mass is 428 g/mol. The van der Waals surface area contributed by atoms with Crippen LogP contribution in [0, 0.1) is 0 Å². The Bertz CT molecular complexity index is 942. The van der Waals surface area contributed by atoms with Crippen molar-refractivity contribution in [2.75, 3.05) is 5.32 Å². The highest BCUT2D eigenvalue weighted by molar-refractivity contribution is 5.67. The van der Waals surface area contributed by atoms with Gasteiger partial charge in [0, 0.05) is 36.8 Å². The zero-order valence-corrected chi connectivity index (χ0v) is 16.5. The number of H-pyrrole nitrogens is 1. The second-order valence-electron chi connectivity index (χ2n) is 7.42. The molecule has 1 aliphatic rings. The minimum Gasteiger partial charge on any atom is -0.446 e. The fraction of sp³-hybridized carbons (Fsp3) is 0.556. The average molecular weight is 428 g/mol. The van der Waals surface area contributed by atoms with Crippen LogP contribution in [0.1, 0.15) is 44.2 Å². The first kappa shape index (κ1) is 21.7. The standard InChI is InChI=1S/C18H23F3N6O3/c1-10(9-18(19,20)21)22-17(29)30-12-4-3-11(7-12)13-8-15(25-24-13)23-14-5-6-16(28)27(2)26-14/h5-6,8,10-12H,3-4,7,9H2,1-2H3,(H,22,29)(H2,23,24,25,26)/t10?,11-,12+/m0/s1. The lowest BCUT2D eigenvalue weighted by Crippen LogP contribution is -2.37. The molecule has 0 radical (unpaired) electrons. The highest BCUT2D eigenvalue weighted by Crippen LogP contribution is 2.36. The van der Waals surface area contributed by atoms with Crippen LogP contribution in [0.15, 0.2) is 23.0 Å². The van der Waals surface area contributed by atoms with Crippen molar-refractivity contribution in [3.05, 3.63) is 34.2 Å². The quantitative estimate of drug-likeness (QED) is 0.652. The lowest BCUT2D eigenvalue weighted by Gasteiger charge is -2.18. The number of alkyl carbamates (subject to hydrolysis) is 1. The molecule has 3 rings (SSSR count). The van der Waals surface area contributed by atoms with E-state index >= 15 is 0 Å². The number of hydrogen-bond acceptors (Lipinski definition) is 6. The van der Waals surface area contributed by atoms with Gasteiger partial charge in [-0.15, -0.1) is 0 Å². The highest BCUT2D eigenvalue weighted by Gasteiger charge is 2.33. The molecule has 9 nitrogen and oxygen atoms in total.